The van der Waals surface area contributed by atoms with Crippen LogP contribution in [0.15, 0.2) is 0 Å². The van der Waals surface area contributed by atoms with E-state index in [2.05, 4.69) is 11.4 Å². The Balaban J connectivity index is -0.00000924. The van der Waals surface area contributed by atoms with Crippen LogP contribution in [0.3, 0.4) is 0 Å². The first kappa shape index (κ1) is 51.8. The van der Waals surface area contributed by atoms with Crippen molar-refractivity contribution in [1.29, 1.82) is 0 Å². The largest absolute Gasteiger partial charge is 1.00 e. The maximum Gasteiger partial charge on any atom is 1.00 e. The van der Waals surface area contributed by atoms with Gasteiger partial charge in [0, 0.05) is 12.2 Å². The number of carbonyl (C=O) groups is 2. The van der Waals surface area contributed by atoms with E-state index in [1.54, 1.807) is 11.8 Å². The fourth-order valence-corrected chi connectivity index (χ4v) is 6.59. The number of hydrogen-bond acceptors (Lipinski definition) is 9. The molecule has 0 aliphatic carbocycles. The third-order valence-electron chi connectivity index (χ3n) is 7.87. The monoisotopic (exact) mass is 710 g/mol. The summed E-state index contributed by atoms with van der Waals surface area (Å²) in [7, 11) is -5.11. The molecule has 0 saturated heterocycles. The fraction of sp³-hybridized carbons (Fsp3) is 0.941. The van der Waals surface area contributed by atoms with Gasteiger partial charge in [0.25, 0.3) is 6.47 Å². The molecule has 0 unspecified atom stereocenters. The molecule has 46 heavy (non-hydrogen) atoms. The number of hydrogen-bond donors (Lipinski definition) is 0. The van der Waals surface area contributed by atoms with Crippen LogP contribution in [0, 0.1) is 0 Å². The number of rotatable bonds is 36. The van der Waals surface area contributed by atoms with Gasteiger partial charge in [0.05, 0.1) is 21.0 Å². The van der Waals surface area contributed by atoms with Crippen molar-refractivity contribution in [2.75, 3.05) is 24.7 Å². The molecule has 0 radical (unpaired) electrons. The maximum atomic E-state index is 12.3. The van der Waals surface area contributed by atoms with Crippen LogP contribution in [0.1, 0.15) is 174 Å². The Hall–Kier alpha value is 1.40. The summed E-state index contributed by atoms with van der Waals surface area (Å²) in [5, 5.41) is 0. The van der Waals surface area contributed by atoms with Gasteiger partial charge in [-0.3, -0.25) is 9.59 Å². The molecule has 0 aliphatic rings. The first-order valence-corrected chi connectivity index (χ1v) is 20.5. The number of phosphoric acid groups is 1. The molecule has 0 fully saturated rings. The van der Waals surface area contributed by atoms with E-state index in [0.29, 0.717) is 25.3 Å². The van der Waals surface area contributed by atoms with Gasteiger partial charge in [0.1, 0.15) is 6.10 Å². The van der Waals surface area contributed by atoms with Crippen molar-refractivity contribution in [1.82, 2.24) is 0 Å². The van der Waals surface area contributed by atoms with Gasteiger partial charge in [-0.2, -0.15) is 11.8 Å². The van der Waals surface area contributed by atoms with Gasteiger partial charge < -0.3 is 28.3 Å². The zero-order valence-corrected chi connectivity index (χ0v) is 35.7. The molecule has 12 heteroatoms. The zero-order chi connectivity index (χ0) is 32.4. The third-order valence-corrected chi connectivity index (χ3v) is 9.52. The molecule has 8 nitrogen and oxygen atoms in total. The normalized spacial score (nSPS) is 11.8. The Morgan fingerprint density at radius 1 is 0.674 bits per heavy atom. The van der Waals surface area contributed by atoms with Crippen LogP contribution < -0.4 is 68.9 Å². The number of unbranched alkanes of at least 4 members (excludes halogenated alkanes) is 23. The van der Waals surface area contributed by atoms with Crippen molar-refractivity contribution in [3.63, 3.8) is 0 Å². The summed E-state index contributed by atoms with van der Waals surface area (Å²) in [6.07, 6.45) is 29.9. The van der Waals surface area contributed by atoms with Crippen LogP contribution in [0.25, 0.3) is 0 Å². The minimum absolute atomic E-state index is 0. The molecule has 0 rings (SSSR count). The van der Waals surface area contributed by atoms with E-state index in [0.717, 1.165) is 50.7 Å². The van der Waals surface area contributed by atoms with Crippen molar-refractivity contribution in [2.45, 2.75) is 180 Å². The van der Waals surface area contributed by atoms with Gasteiger partial charge in [0.15, 0.2) is 0 Å². The molecule has 1 atom stereocenters. The van der Waals surface area contributed by atoms with Crippen LogP contribution in [0.2, 0.25) is 0 Å². The van der Waals surface area contributed by atoms with Crippen molar-refractivity contribution < 1.29 is 97.1 Å². The standard InChI is InChI=1S/C34H67O8PS.2Na/c1-2-3-4-5-6-7-8-12-15-18-21-24-27-34(36)42-33(30-41-43(37,38)39)31-44-29-26-23-20-17-14-11-9-10-13-16-19-22-25-28-40-32-35;;/h32-33H,2-31H2,1H3,(H2,37,38,39);;/q;2*+1/p-2/t33-;;/m1../s1. The molecule has 0 amide bonds. The molecule has 0 aromatic carbocycles. The van der Waals surface area contributed by atoms with Crippen LogP contribution in [-0.2, 0) is 28.2 Å². The van der Waals surface area contributed by atoms with Crippen LogP contribution in [0.4, 0.5) is 0 Å². The van der Waals surface area contributed by atoms with Gasteiger partial charge in [-0.1, -0.05) is 148 Å². The Kier molecular flexibility index (Phi) is 45.9. The number of ether oxygens (including phenoxy) is 2. The van der Waals surface area contributed by atoms with Crippen molar-refractivity contribution in [3.8, 4) is 0 Å². The Bertz CT molecular complexity index is 688. The van der Waals surface area contributed by atoms with Gasteiger partial charge in [-0.15, -0.1) is 0 Å². The van der Waals surface area contributed by atoms with E-state index in [1.807, 2.05) is 0 Å². The van der Waals surface area contributed by atoms with Crippen LogP contribution in [-0.4, -0.2) is 43.3 Å². The summed E-state index contributed by atoms with van der Waals surface area (Å²) >= 11 is 1.61. The van der Waals surface area contributed by atoms with Gasteiger partial charge in [-0.05, 0) is 25.0 Å². The van der Waals surface area contributed by atoms with Crippen molar-refractivity contribution in [2.24, 2.45) is 0 Å². The minimum Gasteiger partial charge on any atom is -0.790 e. The number of esters is 1. The van der Waals surface area contributed by atoms with Crippen molar-refractivity contribution >= 4 is 32.0 Å². The molecule has 0 aliphatic heterocycles. The van der Waals surface area contributed by atoms with E-state index in [9.17, 15) is 23.9 Å². The average molecular weight is 711 g/mol. The quantitative estimate of drug-likeness (QED) is 0.0318. The second-order valence-corrected chi connectivity index (χ2v) is 14.4. The molecular formula is C34H65Na2O8PS. The predicted molar refractivity (Wildman–Crippen MR) is 178 cm³/mol. The third kappa shape index (κ3) is 43.4. The number of thioether (sulfide) groups is 1. The Morgan fingerprint density at radius 2 is 1.09 bits per heavy atom. The average Bonchev–Trinajstić information content (AvgIpc) is 2.99. The second-order valence-electron chi connectivity index (χ2n) is 12.1. The first-order valence-electron chi connectivity index (χ1n) is 17.9. The summed E-state index contributed by atoms with van der Waals surface area (Å²) in [6, 6.07) is 0. The molecule has 0 bridgehead atoms. The van der Waals surface area contributed by atoms with E-state index in [-0.39, 0.29) is 65.1 Å². The molecule has 0 N–H and O–H groups in total. The second kappa shape index (κ2) is 40.8. The molecular weight excluding hydrogens is 645 g/mol. The summed E-state index contributed by atoms with van der Waals surface area (Å²) in [6.45, 7) is 2.90. The Morgan fingerprint density at radius 3 is 1.52 bits per heavy atom. The Labute approximate surface area is 331 Å². The maximum absolute atomic E-state index is 12.3. The van der Waals surface area contributed by atoms with Gasteiger partial charge >= 0.3 is 65.1 Å². The molecule has 0 saturated carbocycles. The minimum atomic E-state index is -5.11. The van der Waals surface area contributed by atoms with E-state index in [4.69, 9.17) is 9.47 Å². The SMILES string of the molecule is CCCCCCCCCCCCCCC(=O)O[C@H](COP(=O)([O-])[O-])CSCCCCCCCCCCCCCCCOC=O.[Na+].[Na+]. The predicted octanol–water partition coefficient (Wildman–Crippen LogP) is 2.82. The number of carbonyl (C=O) groups excluding carboxylic acids is 2. The molecule has 0 spiro atoms. The summed E-state index contributed by atoms with van der Waals surface area (Å²) in [4.78, 5) is 44.3. The van der Waals surface area contributed by atoms with Gasteiger partial charge in [-0.25, -0.2) is 0 Å². The number of phosphoric ester groups is 1. The molecule has 0 aromatic rings. The van der Waals surface area contributed by atoms with Crippen molar-refractivity contribution in [3.05, 3.63) is 0 Å². The molecule has 0 aromatic heterocycles. The van der Waals surface area contributed by atoms with Crippen LogP contribution >= 0.6 is 19.6 Å². The summed E-state index contributed by atoms with van der Waals surface area (Å²) < 4.78 is 25.6. The van der Waals surface area contributed by atoms with E-state index < -0.39 is 20.5 Å². The first-order chi connectivity index (χ1) is 21.4. The smallest absolute Gasteiger partial charge is 0.790 e. The molecule has 0 heterocycles. The zero-order valence-electron chi connectivity index (χ0n) is 30.0. The van der Waals surface area contributed by atoms with Crippen LogP contribution in [0.5, 0.6) is 0 Å². The molecule has 262 valence electrons. The topological polar surface area (TPSA) is 125 Å². The summed E-state index contributed by atoms with van der Waals surface area (Å²) in [5.74, 6) is 0.982. The fourth-order valence-electron chi connectivity index (χ4n) is 5.24. The van der Waals surface area contributed by atoms with E-state index >= 15 is 0 Å². The summed E-state index contributed by atoms with van der Waals surface area (Å²) in [5.41, 5.74) is 0. The van der Waals surface area contributed by atoms with E-state index in [1.165, 1.54) is 116 Å². The van der Waals surface area contributed by atoms with Gasteiger partial charge in [0.2, 0.25) is 0 Å².